The van der Waals surface area contributed by atoms with Crippen LogP contribution >= 0.6 is 0 Å². The van der Waals surface area contributed by atoms with Crippen molar-refractivity contribution >= 4 is 22.6 Å². The van der Waals surface area contributed by atoms with Gasteiger partial charge in [0.05, 0.1) is 12.0 Å². The van der Waals surface area contributed by atoms with Crippen molar-refractivity contribution in [1.82, 2.24) is 9.88 Å². The monoisotopic (exact) mass is 504 g/mol. The van der Waals surface area contributed by atoms with E-state index in [4.69, 9.17) is 14.6 Å². The Balaban J connectivity index is 1.34. The number of fused-ring (bicyclic) bond motifs is 2. The molecule has 196 valence electrons. The molecule has 37 heavy (non-hydrogen) atoms. The van der Waals surface area contributed by atoms with E-state index in [1.165, 1.54) is 5.69 Å². The number of ether oxygens (including phenoxy) is 2. The molecule has 3 aromatic rings. The van der Waals surface area contributed by atoms with Crippen molar-refractivity contribution in [2.24, 2.45) is 0 Å². The lowest BCUT2D eigenvalue weighted by Crippen LogP contribution is -2.26. The number of carbonyl (C=O) groups excluding carboxylic acids is 2. The molecule has 2 aliphatic rings. The second-order valence-electron chi connectivity index (χ2n) is 11.3. The van der Waals surface area contributed by atoms with Crippen molar-refractivity contribution in [1.29, 1.82) is 0 Å². The van der Waals surface area contributed by atoms with Gasteiger partial charge in [-0.15, -0.1) is 0 Å². The zero-order chi connectivity index (χ0) is 26.2. The van der Waals surface area contributed by atoms with E-state index in [-0.39, 0.29) is 37.0 Å². The van der Waals surface area contributed by atoms with E-state index in [0.717, 1.165) is 52.9 Å². The summed E-state index contributed by atoms with van der Waals surface area (Å²) >= 11 is 0. The molecule has 1 aromatic heterocycles. The van der Waals surface area contributed by atoms with E-state index >= 15 is 0 Å². The Morgan fingerprint density at radius 2 is 1.84 bits per heavy atom. The minimum absolute atomic E-state index is 0.0416. The zero-order valence-electron chi connectivity index (χ0n) is 21.9. The molecule has 1 aliphatic heterocycles. The van der Waals surface area contributed by atoms with Crippen molar-refractivity contribution in [3.63, 3.8) is 0 Å². The lowest BCUT2D eigenvalue weighted by Gasteiger charge is -2.22. The van der Waals surface area contributed by atoms with Crippen LogP contribution in [0.3, 0.4) is 0 Å². The number of carbonyl (C=O) groups is 2. The van der Waals surface area contributed by atoms with Gasteiger partial charge in [0, 0.05) is 47.9 Å². The zero-order valence-corrected chi connectivity index (χ0v) is 21.9. The molecule has 1 saturated carbocycles. The van der Waals surface area contributed by atoms with Crippen LogP contribution in [0.1, 0.15) is 63.3 Å². The first kappa shape index (κ1) is 25.3. The molecule has 2 N–H and O–H groups in total. The quantitative estimate of drug-likeness (QED) is 0.427. The van der Waals surface area contributed by atoms with Crippen LogP contribution in [0.5, 0.6) is 11.5 Å². The summed E-state index contributed by atoms with van der Waals surface area (Å²) in [6.07, 6.45) is 3.25. The van der Waals surface area contributed by atoms with Crippen LogP contribution < -0.4 is 14.8 Å². The second-order valence-corrected chi connectivity index (χ2v) is 11.3. The second kappa shape index (κ2) is 9.86. The number of nitrogens with zero attached hydrogens (tertiary/aromatic N) is 1. The highest BCUT2D eigenvalue weighted by atomic mass is 16.7. The van der Waals surface area contributed by atoms with Crippen molar-refractivity contribution in [2.75, 3.05) is 19.9 Å². The molecule has 0 radical (unpaired) electrons. The first-order valence-corrected chi connectivity index (χ1v) is 13.1. The Hall–Kier alpha value is -3.32. The average Bonchev–Trinajstić information content (AvgIpc) is 3.40. The normalized spacial score (nSPS) is 15.7. The summed E-state index contributed by atoms with van der Waals surface area (Å²) < 4.78 is 13.3. The third-order valence-electron chi connectivity index (χ3n) is 7.53. The highest BCUT2D eigenvalue weighted by Crippen LogP contribution is 2.51. The molecule has 7 nitrogen and oxygen atoms in total. The fraction of sp³-hybridized carbons (Fsp3) is 0.467. The van der Waals surface area contributed by atoms with E-state index in [2.05, 4.69) is 54.9 Å². The molecular formula is C30H36N2O5. The molecule has 0 unspecified atom stereocenters. The van der Waals surface area contributed by atoms with Gasteiger partial charge in [0.25, 0.3) is 0 Å². The Morgan fingerprint density at radius 1 is 1.05 bits per heavy atom. The number of nitrogens with one attached hydrogen (secondary N) is 1. The topological polar surface area (TPSA) is 89.8 Å². The standard InChI is InChI=1S/C30H36N2O5/c1-29(2,3)26-17-21-15-20(6-8-23(21)32(26)13-4-5-28(35)31-12-14-33)16-27(34)30(10-11-30)22-7-9-24-25(18-22)37-19-36-24/h6-9,15,17-18,33H,4-5,10-14,16,19H2,1-3H3,(H,31,35). The number of hydrogen-bond acceptors (Lipinski definition) is 5. The van der Waals surface area contributed by atoms with Gasteiger partial charge in [-0.05, 0) is 60.7 Å². The predicted molar refractivity (Wildman–Crippen MR) is 142 cm³/mol. The lowest BCUT2D eigenvalue weighted by atomic mass is 9.87. The van der Waals surface area contributed by atoms with Crippen LogP contribution in [-0.4, -0.2) is 41.3 Å². The van der Waals surface area contributed by atoms with Crippen LogP contribution in [0.25, 0.3) is 10.9 Å². The Kier molecular flexibility index (Phi) is 6.75. The number of benzene rings is 2. The average molecular weight is 505 g/mol. The number of aryl methyl sites for hydroxylation is 1. The van der Waals surface area contributed by atoms with Crippen molar-refractivity contribution in [3.8, 4) is 11.5 Å². The summed E-state index contributed by atoms with van der Waals surface area (Å²) in [6.45, 7) is 7.77. The number of ketones is 1. The van der Waals surface area contributed by atoms with E-state index in [1.54, 1.807) is 0 Å². The van der Waals surface area contributed by atoms with Gasteiger partial charge in [-0.25, -0.2) is 0 Å². The number of aromatic nitrogens is 1. The maximum Gasteiger partial charge on any atom is 0.231 e. The molecular weight excluding hydrogens is 468 g/mol. The van der Waals surface area contributed by atoms with Crippen LogP contribution in [0.15, 0.2) is 42.5 Å². The van der Waals surface area contributed by atoms with Gasteiger partial charge in [0.2, 0.25) is 12.7 Å². The third kappa shape index (κ3) is 5.10. The van der Waals surface area contributed by atoms with E-state index < -0.39 is 5.41 Å². The summed E-state index contributed by atoms with van der Waals surface area (Å²) in [7, 11) is 0. The molecule has 1 aliphatic carbocycles. The molecule has 7 heteroatoms. The number of Topliss-reactive ketones (excluding diaryl/α,β-unsaturated/α-hetero) is 1. The lowest BCUT2D eigenvalue weighted by molar-refractivity contribution is -0.121. The number of rotatable bonds is 10. The minimum Gasteiger partial charge on any atom is -0.454 e. The Morgan fingerprint density at radius 3 is 2.57 bits per heavy atom. The fourth-order valence-electron chi connectivity index (χ4n) is 5.38. The van der Waals surface area contributed by atoms with Crippen molar-refractivity contribution in [2.45, 2.75) is 70.3 Å². The molecule has 0 saturated heterocycles. The van der Waals surface area contributed by atoms with Gasteiger partial charge in [0.15, 0.2) is 11.5 Å². The number of amides is 1. The summed E-state index contributed by atoms with van der Waals surface area (Å²) in [5.74, 6) is 1.66. The van der Waals surface area contributed by atoms with Crippen molar-refractivity contribution in [3.05, 3.63) is 59.3 Å². The number of hydrogen-bond donors (Lipinski definition) is 2. The Labute approximate surface area is 217 Å². The molecule has 2 heterocycles. The third-order valence-corrected chi connectivity index (χ3v) is 7.53. The first-order chi connectivity index (χ1) is 17.7. The molecule has 5 rings (SSSR count). The van der Waals surface area contributed by atoms with Gasteiger partial charge >= 0.3 is 0 Å². The van der Waals surface area contributed by atoms with Gasteiger partial charge < -0.3 is 24.5 Å². The fourth-order valence-corrected chi connectivity index (χ4v) is 5.38. The van der Waals surface area contributed by atoms with Crippen LogP contribution in [-0.2, 0) is 33.4 Å². The minimum atomic E-state index is -0.422. The van der Waals surface area contributed by atoms with Gasteiger partial charge in [0.1, 0.15) is 5.78 Å². The van der Waals surface area contributed by atoms with Crippen LogP contribution in [0.2, 0.25) is 0 Å². The smallest absolute Gasteiger partial charge is 0.231 e. The molecule has 1 fully saturated rings. The first-order valence-electron chi connectivity index (χ1n) is 13.1. The highest BCUT2D eigenvalue weighted by molar-refractivity contribution is 5.95. The van der Waals surface area contributed by atoms with Gasteiger partial charge in [-0.1, -0.05) is 32.9 Å². The predicted octanol–water partition coefficient (Wildman–Crippen LogP) is 4.40. The van der Waals surface area contributed by atoms with Gasteiger partial charge in [-0.3, -0.25) is 9.59 Å². The summed E-state index contributed by atoms with van der Waals surface area (Å²) in [5, 5.41) is 12.7. The highest BCUT2D eigenvalue weighted by Gasteiger charge is 2.50. The maximum atomic E-state index is 13.5. The number of aliphatic hydroxyl groups is 1. The van der Waals surface area contributed by atoms with Crippen LogP contribution in [0, 0.1) is 0 Å². The maximum absolute atomic E-state index is 13.5. The molecule has 2 aromatic carbocycles. The SMILES string of the molecule is CC(C)(C)c1cc2cc(CC(=O)C3(c4ccc5c(c4)OCO5)CC3)ccc2n1CCCC(=O)NCCO. The van der Waals surface area contributed by atoms with E-state index in [1.807, 2.05) is 18.2 Å². The summed E-state index contributed by atoms with van der Waals surface area (Å²) in [5.41, 5.74) is 3.88. The molecule has 1 amide bonds. The molecule has 0 atom stereocenters. The largest absolute Gasteiger partial charge is 0.454 e. The van der Waals surface area contributed by atoms with E-state index in [0.29, 0.717) is 19.3 Å². The number of aliphatic hydroxyl groups excluding tert-OH is 1. The molecule has 0 spiro atoms. The Bertz CT molecular complexity index is 1330. The van der Waals surface area contributed by atoms with E-state index in [9.17, 15) is 9.59 Å². The summed E-state index contributed by atoms with van der Waals surface area (Å²) in [6, 6.07) is 14.4. The van der Waals surface area contributed by atoms with Gasteiger partial charge in [-0.2, -0.15) is 0 Å². The van der Waals surface area contributed by atoms with Crippen LogP contribution in [0.4, 0.5) is 0 Å². The summed E-state index contributed by atoms with van der Waals surface area (Å²) in [4.78, 5) is 25.5. The van der Waals surface area contributed by atoms with Crippen molar-refractivity contribution < 1.29 is 24.2 Å². The molecule has 0 bridgehead atoms.